The predicted molar refractivity (Wildman–Crippen MR) is 65.9 cm³/mol. The minimum Gasteiger partial charge on any atom is -0.396 e. The predicted octanol–water partition coefficient (Wildman–Crippen LogP) is 2.33. The third-order valence-corrected chi connectivity index (χ3v) is 2.26. The van der Waals surface area contributed by atoms with Crippen molar-refractivity contribution in [3.8, 4) is 6.07 Å². The maximum absolute atomic E-state index is 8.94. The topological polar surface area (TPSA) is 87.6 Å². The van der Waals surface area contributed by atoms with Crippen LogP contribution in [0.4, 0.5) is 17.3 Å². The molecule has 0 saturated heterocycles. The van der Waals surface area contributed by atoms with E-state index in [0.717, 1.165) is 0 Å². The van der Waals surface area contributed by atoms with Crippen molar-refractivity contribution in [2.45, 2.75) is 0 Å². The molecule has 3 N–H and O–H groups in total. The van der Waals surface area contributed by atoms with Crippen molar-refractivity contribution < 1.29 is 0 Å². The van der Waals surface area contributed by atoms with Crippen molar-refractivity contribution in [2.24, 2.45) is 0 Å². The molecule has 1 aromatic carbocycles. The molecule has 0 fully saturated rings. The second-order valence-electron chi connectivity index (χ2n) is 3.27. The molecule has 17 heavy (non-hydrogen) atoms. The molecule has 0 unspecified atom stereocenters. The van der Waals surface area contributed by atoms with E-state index >= 15 is 0 Å². The van der Waals surface area contributed by atoms with Gasteiger partial charge in [0.15, 0.2) is 0 Å². The number of nitrogen functional groups attached to an aromatic ring is 1. The van der Waals surface area contributed by atoms with Crippen LogP contribution in [0.25, 0.3) is 0 Å². The summed E-state index contributed by atoms with van der Waals surface area (Å²) in [7, 11) is 0. The van der Waals surface area contributed by atoms with E-state index in [0.29, 0.717) is 27.9 Å². The summed E-state index contributed by atoms with van der Waals surface area (Å²) >= 11 is 5.86. The summed E-state index contributed by atoms with van der Waals surface area (Å²) in [5, 5.41) is 12.4. The second-order valence-corrected chi connectivity index (χ2v) is 3.70. The van der Waals surface area contributed by atoms with Crippen LogP contribution in [0.3, 0.4) is 0 Å². The Kier molecular flexibility index (Phi) is 3.08. The maximum atomic E-state index is 8.94. The lowest BCUT2D eigenvalue weighted by atomic mass is 10.2. The second kappa shape index (κ2) is 4.68. The summed E-state index contributed by atoms with van der Waals surface area (Å²) in [4.78, 5) is 7.96. The Morgan fingerprint density at radius 1 is 1.29 bits per heavy atom. The van der Waals surface area contributed by atoms with E-state index in [1.807, 2.05) is 0 Å². The molecule has 2 rings (SSSR count). The first kappa shape index (κ1) is 11.2. The summed E-state index contributed by atoms with van der Waals surface area (Å²) in [5.41, 5.74) is 6.98. The molecular weight excluding hydrogens is 238 g/mol. The molecule has 0 saturated carbocycles. The van der Waals surface area contributed by atoms with Crippen molar-refractivity contribution in [3.63, 3.8) is 0 Å². The van der Waals surface area contributed by atoms with E-state index in [1.54, 1.807) is 18.2 Å². The average molecular weight is 246 g/mol. The lowest BCUT2D eigenvalue weighted by Gasteiger charge is -2.06. The van der Waals surface area contributed by atoms with Gasteiger partial charge in [-0.25, -0.2) is 9.97 Å². The number of halogens is 1. The first-order chi connectivity index (χ1) is 8.19. The van der Waals surface area contributed by atoms with Gasteiger partial charge in [-0.05, 0) is 18.2 Å². The monoisotopic (exact) mass is 245 g/mol. The number of hydrogen-bond acceptors (Lipinski definition) is 5. The van der Waals surface area contributed by atoms with Gasteiger partial charge in [0, 0.05) is 5.02 Å². The normalized spacial score (nSPS) is 9.65. The Morgan fingerprint density at radius 2 is 2.00 bits per heavy atom. The summed E-state index contributed by atoms with van der Waals surface area (Å²) in [6.45, 7) is 0. The highest BCUT2D eigenvalue weighted by atomic mass is 35.5. The first-order valence-electron chi connectivity index (χ1n) is 4.73. The average Bonchev–Trinajstić information content (AvgIpc) is 2.32. The molecular formula is C11H8ClN5. The Balaban J connectivity index is 2.32. The van der Waals surface area contributed by atoms with Crippen molar-refractivity contribution in [2.75, 3.05) is 11.1 Å². The zero-order chi connectivity index (χ0) is 12.3. The number of benzene rings is 1. The Bertz CT molecular complexity index is 573. The van der Waals surface area contributed by atoms with Crippen LogP contribution in [0.2, 0.25) is 5.02 Å². The first-order valence-corrected chi connectivity index (χ1v) is 5.11. The van der Waals surface area contributed by atoms with E-state index in [2.05, 4.69) is 21.4 Å². The molecule has 0 aliphatic rings. The highest BCUT2D eigenvalue weighted by molar-refractivity contribution is 6.30. The van der Waals surface area contributed by atoms with Gasteiger partial charge in [-0.3, -0.25) is 0 Å². The summed E-state index contributed by atoms with van der Waals surface area (Å²) < 4.78 is 0. The summed E-state index contributed by atoms with van der Waals surface area (Å²) in [6, 6.07) is 6.97. The van der Waals surface area contributed by atoms with Crippen LogP contribution in [0.1, 0.15) is 5.56 Å². The van der Waals surface area contributed by atoms with Gasteiger partial charge < -0.3 is 11.1 Å². The van der Waals surface area contributed by atoms with Gasteiger partial charge >= 0.3 is 0 Å². The van der Waals surface area contributed by atoms with E-state index in [4.69, 9.17) is 22.6 Å². The van der Waals surface area contributed by atoms with Crippen LogP contribution in [0.5, 0.6) is 0 Å². The fraction of sp³-hybridized carbons (Fsp3) is 0. The van der Waals surface area contributed by atoms with Crippen molar-refractivity contribution in [1.82, 2.24) is 9.97 Å². The van der Waals surface area contributed by atoms with Gasteiger partial charge in [-0.15, -0.1) is 0 Å². The highest BCUT2D eigenvalue weighted by Crippen LogP contribution is 2.22. The van der Waals surface area contributed by atoms with Crippen LogP contribution in [0.15, 0.2) is 30.6 Å². The Hall–Kier alpha value is -2.32. The minimum atomic E-state index is 0.359. The molecule has 1 heterocycles. The zero-order valence-electron chi connectivity index (χ0n) is 8.68. The van der Waals surface area contributed by atoms with Crippen molar-refractivity contribution >= 4 is 28.9 Å². The largest absolute Gasteiger partial charge is 0.396 e. The van der Waals surface area contributed by atoms with Gasteiger partial charge in [0.05, 0.1) is 29.3 Å². The number of nitriles is 1. The minimum absolute atomic E-state index is 0.359. The Morgan fingerprint density at radius 3 is 2.65 bits per heavy atom. The fourth-order valence-corrected chi connectivity index (χ4v) is 1.41. The smallest absolute Gasteiger partial charge is 0.227 e. The molecule has 0 bridgehead atoms. The third-order valence-electron chi connectivity index (χ3n) is 2.02. The standard InChI is InChI=1S/C11H8ClN5/c12-8-2-1-7(4-13)10(3-8)17-11-15-5-9(14)6-16-11/h1-3,5-6H,14H2,(H,15,16,17). The van der Waals surface area contributed by atoms with Gasteiger partial charge in [-0.1, -0.05) is 11.6 Å². The number of rotatable bonds is 2. The number of hydrogen-bond donors (Lipinski definition) is 2. The third kappa shape index (κ3) is 2.62. The lowest BCUT2D eigenvalue weighted by Crippen LogP contribution is -1.99. The lowest BCUT2D eigenvalue weighted by molar-refractivity contribution is 1.17. The van der Waals surface area contributed by atoms with Crippen molar-refractivity contribution in [1.29, 1.82) is 5.26 Å². The molecule has 0 atom stereocenters. The summed E-state index contributed by atoms with van der Waals surface area (Å²) in [6.07, 6.45) is 2.96. The molecule has 2 aromatic rings. The number of nitrogens with zero attached hydrogens (tertiary/aromatic N) is 3. The Labute approximate surface area is 103 Å². The van der Waals surface area contributed by atoms with Crippen LogP contribution in [-0.4, -0.2) is 9.97 Å². The van der Waals surface area contributed by atoms with Gasteiger partial charge in [0.2, 0.25) is 5.95 Å². The van der Waals surface area contributed by atoms with Crippen LogP contribution < -0.4 is 11.1 Å². The SMILES string of the molecule is N#Cc1ccc(Cl)cc1Nc1ncc(N)cn1. The fourth-order valence-electron chi connectivity index (χ4n) is 1.24. The van der Waals surface area contributed by atoms with Crippen LogP contribution in [0, 0.1) is 11.3 Å². The zero-order valence-corrected chi connectivity index (χ0v) is 9.44. The number of nitrogens with one attached hydrogen (secondary N) is 1. The number of anilines is 3. The van der Waals surface area contributed by atoms with E-state index in [-0.39, 0.29) is 0 Å². The molecule has 1 aromatic heterocycles. The highest BCUT2D eigenvalue weighted by Gasteiger charge is 2.04. The molecule has 0 radical (unpaired) electrons. The van der Waals surface area contributed by atoms with Gasteiger partial charge in [0.25, 0.3) is 0 Å². The molecule has 5 nitrogen and oxygen atoms in total. The summed E-state index contributed by atoms with van der Waals surface area (Å²) in [5.74, 6) is 0.359. The van der Waals surface area contributed by atoms with E-state index < -0.39 is 0 Å². The van der Waals surface area contributed by atoms with Crippen LogP contribution >= 0.6 is 11.6 Å². The number of nitrogens with two attached hydrogens (primary N) is 1. The quantitative estimate of drug-likeness (QED) is 0.848. The maximum Gasteiger partial charge on any atom is 0.227 e. The molecule has 84 valence electrons. The molecule has 0 spiro atoms. The molecule has 0 aliphatic carbocycles. The van der Waals surface area contributed by atoms with Crippen molar-refractivity contribution in [3.05, 3.63) is 41.2 Å². The molecule has 0 aliphatic heterocycles. The molecule has 6 heteroatoms. The van der Waals surface area contributed by atoms with E-state index in [9.17, 15) is 0 Å². The van der Waals surface area contributed by atoms with Gasteiger partial charge in [-0.2, -0.15) is 5.26 Å². The van der Waals surface area contributed by atoms with E-state index in [1.165, 1.54) is 12.4 Å². The van der Waals surface area contributed by atoms with Gasteiger partial charge in [0.1, 0.15) is 6.07 Å². The van der Waals surface area contributed by atoms with Crippen LogP contribution in [-0.2, 0) is 0 Å². The molecule has 0 amide bonds. The number of aromatic nitrogens is 2.